The summed E-state index contributed by atoms with van der Waals surface area (Å²) in [6.45, 7) is 0. The summed E-state index contributed by atoms with van der Waals surface area (Å²) in [5.74, 6) is 3.80. The molecule has 0 spiro atoms. The topological polar surface area (TPSA) is 126 Å². The first-order chi connectivity index (χ1) is 56.0. The highest BCUT2D eigenvalue weighted by molar-refractivity contribution is 6.17. The van der Waals surface area contributed by atoms with Crippen molar-refractivity contribution in [1.29, 1.82) is 0 Å². The highest BCUT2D eigenvalue weighted by atomic mass is 16.4. The molecule has 23 rings (SSSR count). The number of furan rings is 1. The van der Waals surface area contributed by atoms with Crippen molar-refractivity contribution < 1.29 is 13.3 Å². The zero-order valence-corrected chi connectivity index (χ0v) is 60.6. The first-order valence-electron chi connectivity index (χ1n) is 37.8. The van der Waals surface area contributed by atoms with Gasteiger partial charge in [0.15, 0.2) is 46.1 Å². The fourth-order valence-electron chi connectivity index (χ4n) is 16.6. The molecule has 0 saturated heterocycles. The van der Waals surface area contributed by atoms with Crippen LogP contribution in [0, 0.1) is 0 Å². The molecule has 0 bridgehead atoms. The molecule has 0 aliphatic heterocycles. The lowest BCUT2D eigenvalue weighted by atomic mass is 9.93. The number of rotatable bonds is 11. The zero-order chi connectivity index (χ0) is 74.5. The summed E-state index contributed by atoms with van der Waals surface area (Å²) in [6, 6.07) is 130. The van der Waals surface area contributed by atoms with Crippen molar-refractivity contribution in [2.24, 2.45) is 0 Å². The maximum Gasteiger partial charge on any atom is 0.213 e. The number of hydrogen-bond donors (Lipinski definition) is 0. The van der Waals surface area contributed by atoms with Gasteiger partial charge in [-0.15, -0.1) is 0 Å². The molecule has 113 heavy (non-hydrogen) atoms. The summed E-state index contributed by atoms with van der Waals surface area (Å²) in [4.78, 5) is 30.2. The number of fused-ring (bicyclic) bond motifs is 15. The summed E-state index contributed by atoms with van der Waals surface area (Å²) in [6.07, 6.45) is 0. The first-order valence-corrected chi connectivity index (χ1v) is 37.8. The molecule has 0 N–H and O–H groups in total. The van der Waals surface area contributed by atoms with Crippen LogP contribution in [0.15, 0.2) is 389 Å². The Balaban J connectivity index is 0.000000138. The smallest absolute Gasteiger partial charge is 0.213 e. The zero-order valence-electron chi connectivity index (χ0n) is 60.6. The summed E-state index contributed by atoms with van der Waals surface area (Å²) in [5, 5.41) is 8.76. The Morgan fingerprint density at radius 2 is 0.558 bits per heavy atom. The third-order valence-electron chi connectivity index (χ3n) is 21.8. The normalized spacial score (nSPS) is 11.7. The Morgan fingerprint density at radius 1 is 0.186 bits per heavy atom. The van der Waals surface area contributed by atoms with Crippen molar-refractivity contribution in [3.8, 4) is 124 Å². The van der Waals surface area contributed by atoms with Gasteiger partial charge in [-0.2, -0.15) is 0 Å². The van der Waals surface area contributed by atoms with Crippen LogP contribution >= 0.6 is 0 Å². The second-order valence-electron chi connectivity index (χ2n) is 28.3. The second-order valence-corrected chi connectivity index (χ2v) is 28.3. The molecule has 0 aliphatic rings. The van der Waals surface area contributed by atoms with Crippen LogP contribution in [0.2, 0.25) is 0 Å². The van der Waals surface area contributed by atoms with E-state index < -0.39 is 0 Å². The Morgan fingerprint density at radius 3 is 1.10 bits per heavy atom. The molecule has 0 saturated carbocycles. The Hall–Kier alpha value is -15.5. The third kappa shape index (κ3) is 11.0. The van der Waals surface area contributed by atoms with Gasteiger partial charge in [-0.05, 0) is 110 Å². The molecule has 0 unspecified atom stereocenters. The molecule has 11 heteroatoms. The predicted molar refractivity (Wildman–Crippen MR) is 458 cm³/mol. The van der Waals surface area contributed by atoms with Crippen LogP contribution in [0.1, 0.15) is 0 Å². The van der Waals surface area contributed by atoms with Gasteiger partial charge in [-0.3, -0.25) is 8.80 Å². The average Bonchev–Trinajstić information content (AvgIpc) is 1.56. The lowest BCUT2D eigenvalue weighted by Gasteiger charge is -2.13. The van der Waals surface area contributed by atoms with Crippen LogP contribution in [0.3, 0.4) is 0 Å². The maximum absolute atomic E-state index is 6.78. The summed E-state index contributed by atoms with van der Waals surface area (Å²) in [7, 11) is 0. The minimum atomic E-state index is 0.613. The molecule has 0 aliphatic carbocycles. The van der Waals surface area contributed by atoms with E-state index in [1.165, 1.54) is 11.1 Å². The third-order valence-corrected chi connectivity index (χ3v) is 21.8. The van der Waals surface area contributed by atoms with E-state index in [1.54, 1.807) is 0 Å². The average molecular weight is 1450 g/mol. The standard InChI is InChI=1S/C51H30N4O2.C51H32N4O/c1-3-14-31(15-4-1)48-52-49(32-16-5-2-6-17-32)54-50(53-48)40-28-27-38(35-18-7-8-19-36(35)40)46-41-30-33(26-29-42(41)55-43-23-10-12-25-45(43)57-51(46)55)34-21-13-22-39-37-20-9-11-24-44(37)56-47(34)39;1-4-15-33(16-5-1)39-23-14-24-43-46(51-55(47(39)43)44-25-12-13-26-45(44)56-51)35-29-27-34(28-30-35)38-31-32-42(41-22-11-10-21-40(38)41)50-53-48(36-17-6-2-7-18-36)52-49(54-50)37-19-8-3-9-20-37/h1-30H;1-32H. The fourth-order valence-corrected chi connectivity index (χ4v) is 16.6. The van der Waals surface area contributed by atoms with Gasteiger partial charge in [-0.25, -0.2) is 29.9 Å². The molecular weight excluding hydrogens is 1390 g/mol. The molecule has 23 aromatic rings. The number of hydrogen-bond acceptors (Lipinski definition) is 9. The van der Waals surface area contributed by atoms with E-state index in [4.69, 9.17) is 43.2 Å². The molecule has 7 aromatic heterocycles. The largest absolute Gasteiger partial charge is 0.455 e. The highest BCUT2D eigenvalue weighted by Crippen LogP contribution is 2.48. The van der Waals surface area contributed by atoms with E-state index in [1.807, 2.05) is 158 Å². The van der Waals surface area contributed by atoms with E-state index in [2.05, 4.69) is 227 Å². The van der Waals surface area contributed by atoms with Gasteiger partial charge < -0.3 is 13.3 Å². The van der Waals surface area contributed by atoms with Crippen LogP contribution in [-0.4, -0.2) is 38.7 Å². The van der Waals surface area contributed by atoms with E-state index in [9.17, 15) is 0 Å². The Labute approximate surface area is 647 Å². The minimum Gasteiger partial charge on any atom is -0.455 e. The molecule has 16 aromatic carbocycles. The van der Waals surface area contributed by atoms with Crippen LogP contribution in [0.25, 0.3) is 223 Å². The number of para-hydroxylation sites is 7. The summed E-state index contributed by atoms with van der Waals surface area (Å²) >= 11 is 0. The summed E-state index contributed by atoms with van der Waals surface area (Å²) in [5.41, 5.74) is 26.0. The van der Waals surface area contributed by atoms with Gasteiger partial charge in [0.05, 0.1) is 33.2 Å². The second kappa shape index (κ2) is 26.7. The highest BCUT2D eigenvalue weighted by Gasteiger charge is 2.27. The Kier molecular flexibility index (Phi) is 15.3. The molecular formula is C102H62N8O3. The molecule has 11 nitrogen and oxygen atoms in total. The van der Waals surface area contributed by atoms with Gasteiger partial charge in [-0.1, -0.05) is 322 Å². The molecule has 0 radical (unpaired) electrons. The molecule has 0 atom stereocenters. The van der Waals surface area contributed by atoms with Crippen molar-refractivity contribution in [3.05, 3.63) is 376 Å². The number of benzene rings is 16. The lowest BCUT2D eigenvalue weighted by Crippen LogP contribution is -2.00. The Bertz CT molecular complexity index is 7540. The molecule has 0 amide bonds. The monoisotopic (exact) mass is 1450 g/mol. The van der Waals surface area contributed by atoms with Crippen molar-refractivity contribution in [2.75, 3.05) is 0 Å². The molecule has 0 fully saturated rings. The number of oxazole rings is 2. The van der Waals surface area contributed by atoms with Crippen LogP contribution in [-0.2, 0) is 0 Å². The van der Waals surface area contributed by atoms with Gasteiger partial charge in [0.2, 0.25) is 11.4 Å². The molecule has 528 valence electrons. The van der Waals surface area contributed by atoms with Crippen LogP contribution in [0.4, 0.5) is 0 Å². The van der Waals surface area contributed by atoms with Crippen LogP contribution in [0.5, 0.6) is 0 Å². The van der Waals surface area contributed by atoms with E-state index >= 15 is 0 Å². The first kappa shape index (κ1) is 64.7. The predicted octanol–water partition coefficient (Wildman–Crippen LogP) is 26.6. The lowest BCUT2D eigenvalue weighted by molar-refractivity contribution is 0.658. The quantitative estimate of drug-likeness (QED) is 0.124. The van der Waals surface area contributed by atoms with Gasteiger partial charge in [0, 0.05) is 66.1 Å². The van der Waals surface area contributed by atoms with E-state index in [-0.39, 0.29) is 0 Å². The molecule has 7 heterocycles. The maximum atomic E-state index is 6.78. The minimum absolute atomic E-state index is 0.613. The number of aromatic nitrogens is 8. The van der Waals surface area contributed by atoms with Crippen LogP contribution < -0.4 is 0 Å². The van der Waals surface area contributed by atoms with Gasteiger partial charge >= 0.3 is 0 Å². The fraction of sp³-hybridized carbons (Fsp3) is 0. The SMILES string of the molecule is c1ccc(-c2nc(-c3ccccc3)nc(-c3ccc(-c4c5cc(-c6cccc7c6oc6ccccc67)ccc5n5c4oc4ccccc45)c4ccccc34)n2)cc1.c1ccc(-c2nc(-c3ccccc3)nc(-c3ccc(-c4ccc(-c5c6cccc(-c7ccccc7)c6n6c5oc5ccccc56)cc4)c4ccccc34)n2)cc1. The summed E-state index contributed by atoms with van der Waals surface area (Å²) < 4.78 is 24.5. The van der Waals surface area contributed by atoms with E-state index in [0.29, 0.717) is 34.9 Å². The van der Waals surface area contributed by atoms with Crippen molar-refractivity contribution in [1.82, 2.24) is 38.7 Å². The van der Waals surface area contributed by atoms with Gasteiger partial charge in [0.25, 0.3) is 0 Å². The van der Waals surface area contributed by atoms with Crippen molar-refractivity contribution in [2.45, 2.75) is 0 Å². The van der Waals surface area contributed by atoms with E-state index in [0.717, 1.165) is 177 Å². The van der Waals surface area contributed by atoms with Crippen molar-refractivity contribution in [3.63, 3.8) is 0 Å². The van der Waals surface area contributed by atoms with Crippen molar-refractivity contribution >= 4 is 98.9 Å². The van der Waals surface area contributed by atoms with Gasteiger partial charge in [0.1, 0.15) is 11.2 Å². The number of nitrogens with zero attached hydrogens (tertiary/aromatic N) is 8.